The third-order valence-electron chi connectivity index (χ3n) is 4.04. The Kier molecular flexibility index (Phi) is 4.83. The van der Waals surface area contributed by atoms with Crippen LogP contribution in [0, 0.1) is 0 Å². The lowest BCUT2D eigenvalue weighted by atomic mass is 10.1. The van der Waals surface area contributed by atoms with Crippen molar-refractivity contribution in [3.05, 3.63) is 42.4 Å². The number of hydrogen-bond donors (Lipinski definition) is 3. The van der Waals surface area contributed by atoms with E-state index < -0.39 is 6.09 Å². The molecule has 1 aromatic heterocycles. The number of rotatable bonds is 1. The quantitative estimate of drug-likeness (QED) is 0.690. The summed E-state index contributed by atoms with van der Waals surface area (Å²) in [7, 11) is 1.30. The molecular weight excluding hydrogens is 320 g/mol. The van der Waals surface area contributed by atoms with E-state index in [0.717, 1.165) is 23.5 Å². The predicted octanol–water partition coefficient (Wildman–Crippen LogP) is 3.65. The molecule has 0 spiro atoms. The van der Waals surface area contributed by atoms with Crippen molar-refractivity contribution in [2.45, 2.75) is 25.7 Å². The number of aromatic amines is 1. The van der Waals surface area contributed by atoms with E-state index in [9.17, 15) is 9.59 Å². The largest absolute Gasteiger partial charge is 0.453 e. The van der Waals surface area contributed by atoms with Crippen molar-refractivity contribution in [1.82, 2.24) is 9.97 Å². The van der Waals surface area contributed by atoms with Crippen molar-refractivity contribution >= 4 is 23.4 Å². The first kappa shape index (κ1) is 16.8. The van der Waals surface area contributed by atoms with Crippen molar-refractivity contribution in [3.63, 3.8) is 0 Å². The number of nitrogens with zero attached hydrogens (tertiary/aromatic N) is 1. The van der Waals surface area contributed by atoms with E-state index in [4.69, 9.17) is 0 Å². The van der Waals surface area contributed by atoms with E-state index in [-0.39, 0.29) is 11.8 Å². The maximum Gasteiger partial charge on any atom is 0.411 e. The Balaban J connectivity index is 2.03. The standard InChI is InChI=1S/C18H20N4O3/c1-11-5-3-4-6-16(23)21-14-9-12(20-18(24)25-2)7-8-13(14)15-10-19-17(11)22-15/h3-4,7-11H,5-6H2,1-2H3,(H,19,22)(H,20,24)(H,21,23)/b4-3+/t11-/m0/s1. The smallest absolute Gasteiger partial charge is 0.411 e. The van der Waals surface area contributed by atoms with Crippen LogP contribution in [0.4, 0.5) is 16.2 Å². The van der Waals surface area contributed by atoms with Crippen LogP contribution < -0.4 is 10.6 Å². The maximum atomic E-state index is 12.2. The number of aromatic nitrogens is 2. The van der Waals surface area contributed by atoms with E-state index in [1.54, 1.807) is 18.3 Å². The van der Waals surface area contributed by atoms with Gasteiger partial charge in [-0.1, -0.05) is 19.1 Å². The topological polar surface area (TPSA) is 96.1 Å². The molecule has 0 saturated carbocycles. The van der Waals surface area contributed by atoms with Crippen LogP contribution in [0.5, 0.6) is 0 Å². The van der Waals surface area contributed by atoms with Crippen molar-refractivity contribution in [3.8, 4) is 11.3 Å². The summed E-state index contributed by atoms with van der Waals surface area (Å²) in [6, 6.07) is 5.27. The fourth-order valence-corrected chi connectivity index (χ4v) is 2.66. The second-order valence-electron chi connectivity index (χ2n) is 5.92. The summed E-state index contributed by atoms with van der Waals surface area (Å²) >= 11 is 0. The molecule has 3 rings (SSSR count). The highest BCUT2D eigenvalue weighted by Crippen LogP contribution is 2.31. The van der Waals surface area contributed by atoms with E-state index in [1.807, 2.05) is 18.2 Å². The molecule has 2 heterocycles. The first-order valence-electron chi connectivity index (χ1n) is 8.06. The van der Waals surface area contributed by atoms with Crippen molar-refractivity contribution in [2.24, 2.45) is 0 Å². The Bertz CT molecular complexity index is 825. The number of amides is 2. The average molecular weight is 340 g/mol. The normalized spacial score (nSPS) is 18.2. The SMILES string of the molecule is COC(=O)Nc1ccc2c(c1)NC(=O)C/C=C/C[C@H](C)c1ncc-2[nH]1. The first-order chi connectivity index (χ1) is 12.1. The summed E-state index contributed by atoms with van der Waals surface area (Å²) in [6.45, 7) is 2.09. The van der Waals surface area contributed by atoms with Gasteiger partial charge in [-0.25, -0.2) is 9.78 Å². The number of imidazole rings is 1. The fourth-order valence-electron chi connectivity index (χ4n) is 2.66. The van der Waals surface area contributed by atoms with Crippen molar-refractivity contribution in [1.29, 1.82) is 0 Å². The summed E-state index contributed by atoms with van der Waals surface area (Å²) in [5.74, 6) is 1.01. The second kappa shape index (κ2) is 7.21. The van der Waals surface area contributed by atoms with Gasteiger partial charge in [-0.3, -0.25) is 10.1 Å². The molecule has 2 bridgehead atoms. The summed E-state index contributed by atoms with van der Waals surface area (Å²) in [6.07, 6.45) is 6.14. The number of fused-ring (bicyclic) bond motifs is 4. The Labute approximate surface area is 145 Å². The predicted molar refractivity (Wildman–Crippen MR) is 95.5 cm³/mol. The molecule has 1 aromatic carbocycles. The maximum absolute atomic E-state index is 12.2. The summed E-state index contributed by atoms with van der Waals surface area (Å²) in [4.78, 5) is 31.4. The Hall–Kier alpha value is -3.09. The zero-order chi connectivity index (χ0) is 17.8. The van der Waals surface area contributed by atoms with E-state index in [1.165, 1.54) is 7.11 Å². The lowest BCUT2D eigenvalue weighted by molar-refractivity contribution is -0.115. The molecule has 2 amide bonds. The Morgan fingerprint density at radius 1 is 1.36 bits per heavy atom. The van der Waals surface area contributed by atoms with Crippen LogP contribution >= 0.6 is 0 Å². The third-order valence-corrected chi connectivity index (χ3v) is 4.04. The van der Waals surface area contributed by atoms with Gasteiger partial charge in [0.25, 0.3) is 0 Å². The number of methoxy groups -OCH3 is 1. The zero-order valence-corrected chi connectivity index (χ0v) is 14.1. The molecule has 1 aliphatic rings. The number of carbonyl (C=O) groups excluding carboxylic acids is 2. The van der Waals surface area contributed by atoms with Gasteiger partial charge in [0.05, 0.1) is 24.7 Å². The number of allylic oxidation sites excluding steroid dienone is 1. The van der Waals surface area contributed by atoms with Gasteiger partial charge in [0, 0.05) is 23.6 Å². The van der Waals surface area contributed by atoms with Crippen LogP contribution in [0.2, 0.25) is 0 Å². The molecule has 3 N–H and O–H groups in total. The highest BCUT2D eigenvalue weighted by molar-refractivity contribution is 5.97. The monoisotopic (exact) mass is 340 g/mol. The van der Waals surface area contributed by atoms with Gasteiger partial charge in [0.2, 0.25) is 5.91 Å². The molecule has 2 aromatic rings. The first-order valence-corrected chi connectivity index (χ1v) is 8.06. The molecule has 0 radical (unpaired) electrons. The van der Waals surface area contributed by atoms with E-state index >= 15 is 0 Å². The zero-order valence-electron chi connectivity index (χ0n) is 14.1. The van der Waals surface area contributed by atoms with Crippen LogP contribution in [-0.2, 0) is 9.53 Å². The van der Waals surface area contributed by atoms with Crippen LogP contribution in [-0.4, -0.2) is 29.1 Å². The second-order valence-corrected chi connectivity index (χ2v) is 5.92. The molecule has 1 aliphatic heterocycles. The molecule has 0 saturated heterocycles. The number of ether oxygens (including phenoxy) is 1. The highest BCUT2D eigenvalue weighted by atomic mass is 16.5. The van der Waals surface area contributed by atoms with Crippen LogP contribution in [0.25, 0.3) is 11.3 Å². The number of anilines is 2. The number of hydrogen-bond acceptors (Lipinski definition) is 4. The average Bonchev–Trinajstić information content (AvgIpc) is 3.08. The lowest BCUT2D eigenvalue weighted by Crippen LogP contribution is -2.14. The molecule has 7 heteroatoms. The summed E-state index contributed by atoms with van der Waals surface area (Å²) < 4.78 is 4.60. The number of H-pyrrole nitrogens is 1. The minimum atomic E-state index is -0.569. The lowest BCUT2D eigenvalue weighted by Gasteiger charge is -2.13. The van der Waals surface area contributed by atoms with E-state index in [2.05, 4.69) is 32.3 Å². The van der Waals surface area contributed by atoms with Gasteiger partial charge in [0.15, 0.2) is 0 Å². The number of nitrogens with one attached hydrogen (secondary N) is 3. The van der Waals surface area contributed by atoms with Crippen LogP contribution in [0.15, 0.2) is 36.5 Å². The van der Waals surface area contributed by atoms with Gasteiger partial charge >= 0.3 is 6.09 Å². The number of carbonyl (C=O) groups is 2. The molecule has 0 aliphatic carbocycles. The van der Waals surface area contributed by atoms with E-state index in [0.29, 0.717) is 17.8 Å². The van der Waals surface area contributed by atoms with Crippen LogP contribution in [0.1, 0.15) is 31.5 Å². The van der Waals surface area contributed by atoms with Crippen molar-refractivity contribution in [2.75, 3.05) is 17.7 Å². The minimum Gasteiger partial charge on any atom is -0.453 e. The summed E-state index contributed by atoms with van der Waals surface area (Å²) in [5, 5.41) is 5.49. The molecule has 0 unspecified atom stereocenters. The fraction of sp³-hybridized carbons (Fsp3) is 0.278. The molecule has 1 atom stereocenters. The van der Waals surface area contributed by atoms with Gasteiger partial charge in [-0.2, -0.15) is 0 Å². The molecule has 130 valence electrons. The third kappa shape index (κ3) is 3.88. The molecular formula is C18H20N4O3. The molecule has 0 fully saturated rings. The van der Waals surface area contributed by atoms with Gasteiger partial charge < -0.3 is 15.0 Å². The Morgan fingerprint density at radius 3 is 3.00 bits per heavy atom. The van der Waals surface area contributed by atoms with Gasteiger partial charge in [-0.15, -0.1) is 0 Å². The molecule has 25 heavy (non-hydrogen) atoms. The summed E-state index contributed by atoms with van der Waals surface area (Å²) in [5.41, 5.74) is 2.74. The highest BCUT2D eigenvalue weighted by Gasteiger charge is 2.15. The van der Waals surface area contributed by atoms with Gasteiger partial charge in [-0.05, 0) is 24.6 Å². The van der Waals surface area contributed by atoms with Crippen LogP contribution in [0.3, 0.4) is 0 Å². The van der Waals surface area contributed by atoms with Crippen molar-refractivity contribution < 1.29 is 14.3 Å². The number of benzene rings is 1. The Morgan fingerprint density at radius 2 is 2.20 bits per heavy atom. The minimum absolute atomic E-state index is 0.124. The molecule has 7 nitrogen and oxygen atoms in total. The van der Waals surface area contributed by atoms with Gasteiger partial charge in [0.1, 0.15) is 5.82 Å².